The highest BCUT2D eigenvalue weighted by atomic mass is 19.2. The van der Waals surface area contributed by atoms with Crippen LogP contribution in [0, 0.1) is 17.5 Å². The first-order chi connectivity index (χ1) is 5.15. The van der Waals surface area contributed by atoms with Crippen molar-refractivity contribution in [3.05, 3.63) is 35.1 Å². The Hall–Kier alpha value is -1.03. The molecule has 1 aromatic rings. The first kappa shape index (κ1) is 8.07. The molecular formula is C7H4F3O. The van der Waals surface area contributed by atoms with Gasteiger partial charge in [0.2, 0.25) is 0 Å². The molecule has 0 fully saturated rings. The lowest BCUT2D eigenvalue weighted by atomic mass is 10.2. The van der Waals surface area contributed by atoms with Gasteiger partial charge in [-0.15, -0.1) is 0 Å². The first-order valence-corrected chi connectivity index (χ1v) is 2.86. The van der Waals surface area contributed by atoms with E-state index in [1.165, 1.54) is 0 Å². The van der Waals surface area contributed by atoms with E-state index in [-0.39, 0.29) is 5.56 Å². The molecule has 0 bridgehead atoms. The van der Waals surface area contributed by atoms with E-state index in [1.807, 2.05) is 0 Å². The highest BCUT2D eigenvalue weighted by Gasteiger charge is 2.08. The smallest absolute Gasteiger partial charge is 0.161 e. The SMILES string of the molecule is [O]Cc1cc(F)c(F)cc1F. The minimum atomic E-state index is -1.28. The topological polar surface area (TPSA) is 19.9 Å². The zero-order chi connectivity index (χ0) is 8.43. The van der Waals surface area contributed by atoms with E-state index in [0.29, 0.717) is 12.1 Å². The average Bonchev–Trinajstić information content (AvgIpc) is 1.97. The highest BCUT2D eigenvalue weighted by molar-refractivity contribution is 5.18. The number of hydrogen-bond donors (Lipinski definition) is 0. The van der Waals surface area contributed by atoms with Gasteiger partial charge in [-0.05, 0) is 6.07 Å². The van der Waals surface area contributed by atoms with Gasteiger partial charge in [0.05, 0.1) is 0 Å². The molecule has 1 aromatic carbocycles. The van der Waals surface area contributed by atoms with Gasteiger partial charge in [0.1, 0.15) is 12.4 Å². The lowest BCUT2D eigenvalue weighted by Gasteiger charge is -1.97. The van der Waals surface area contributed by atoms with Crippen molar-refractivity contribution in [1.82, 2.24) is 0 Å². The van der Waals surface area contributed by atoms with Crippen LogP contribution >= 0.6 is 0 Å². The van der Waals surface area contributed by atoms with Crippen molar-refractivity contribution in [2.24, 2.45) is 0 Å². The minimum absolute atomic E-state index is 0.357. The van der Waals surface area contributed by atoms with Gasteiger partial charge in [-0.3, -0.25) is 0 Å². The predicted molar refractivity (Wildman–Crippen MR) is 30.7 cm³/mol. The summed E-state index contributed by atoms with van der Waals surface area (Å²) in [6.45, 7) is -0.886. The molecule has 0 aliphatic carbocycles. The third kappa shape index (κ3) is 1.51. The van der Waals surface area contributed by atoms with E-state index >= 15 is 0 Å². The van der Waals surface area contributed by atoms with E-state index in [0.717, 1.165) is 0 Å². The van der Waals surface area contributed by atoms with Crippen molar-refractivity contribution in [2.75, 3.05) is 0 Å². The number of halogens is 3. The predicted octanol–water partition coefficient (Wildman–Crippen LogP) is 2.03. The molecule has 0 aliphatic heterocycles. The van der Waals surface area contributed by atoms with Crippen molar-refractivity contribution in [1.29, 1.82) is 0 Å². The fourth-order valence-electron chi connectivity index (χ4n) is 0.674. The van der Waals surface area contributed by atoms with Crippen LogP contribution in [-0.4, -0.2) is 0 Å². The van der Waals surface area contributed by atoms with Gasteiger partial charge in [-0.2, -0.15) is 0 Å². The zero-order valence-electron chi connectivity index (χ0n) is 5.40. The normalized spacial score (nSPS) is 10.2. The van der Waals surface area contributed by atoms with E-state index in [2.05, 4.69) is 0 Å². The molecule has 0 spiro atoms. The molecule has 0 N–H and O–H groups in total. The third-order valence-corrected chi connectivity index (χ3v) is 1.24. The summed E-state index contributed by atoms with van der Waals surface area (Å²) in [5.41, 5.74) is -0.357. The summed E-state index contributed by atoms with van der Waals surface area (Å²) >= 11 is 0. The average molecular weight is 161 g/mol. The van der Waals surface area contributed by atoms with Crippen molar-refractivity contribution in [2.45, 2.75) is 6.61 Å². The molecule has 0 unspecified atom stereocenters. The molecule has 1 nitrogen and oxygen atoms in total. The molecule has 0 aromatic heterocycles. The third-order valence-electron chi connectivity index (χ3n) is 1.24. The molecule has 0 amide bonds. The molecule has 11 heavy (non-hydrogen) atoms. The van der Waals surface area contributed by atoms with Gasteiger partial charge in [0.25, 0.3) is 0 Å². The monoisotopic (exact) mass is 161 g/mol. The second-order valence-electron chi connectivity index (χ2n) is 2.00. The maximum atomic E-state index is 12.4. The van der Waals surface area contributed by atoms with Gasteiger partial charge in [0.15, 0.2) is 11.6 Å². The molecule has 59 valence electrons. The van der Waals surface area contributed by atoms with Crippen molar-refractivity contribution in [3.63, 3.8) is 0 Å². The summed E-state index contributed by atoms with van der Waals surface area (Å²) in [7, 11) is 0. The number of benzene rings is 1. The number of rotatable bonds is 1. The van der Waals surface area contributed by atoms with E-state index in [9.17, 15) is 18.3 Å². The molecule has 0 saturated carbocycles. The molecule has 0 saturated heterocycles. The van der Waals surface area contributed by atoms with Crippen LogP contribution in [0.4, 0.5) is 13.2 Å². The lowest BCUT2D eigenvalue weighted by Crippen LogP contribution is -1.93. The van der Waals surface area contributed by atoms with Crippen LogP contribution in [0.1, 0.15) is 5.56 Å². The molecule has 1 rings (SSSR count). The Balaban J connectivity index is 3.21. The van der Waals surface area contributed by atoms with Gasteiger partial charge in [-0.25, -0.2) is 18.3 Å². The van der Waals surface area contributed by atoms with Crippen molar-refractivity contribution >= 4 is 0 Å². The number of hydrogen-bond acceptors (Lipinski definition) is 0. The Morgan fingerprint density at radius 3 is 2.09 bits per heavy atom. The summed E-state index contributed by atoms with van der Waals surface area (Å²) in [6.07, 6.45) is 0. The lowest BCUT2D eigenvalue weighted by molar-refractivity contribution is 0.173. The van der Waals surface area contributed by atoms with Crippen LogP contribution < -0.4 is 0 Å². The highest BCUT2D eigenvalue weighted by Crippen LogP contribution is 2.13. The maximum Gasteiger partial charge on any atom is 0.161 e. The van der Waals surface area contributed by atoms with Crippen molar-refractivity contribution < 1.29 is 18.3 Å². The second-order valence-corrected chi connectivity index (χ2v) is 2.00. The summed E-state index contributed by atoms with van der Waals surface area (Å²) in [5, 5.41) is 10.1. The van der Waals surface area contributed by atoms with Crippen LogP contribution in [-0.2, 0) is 11.7 Å². The molecule has 4 heteroatoms. The Bertz CT molecular complexity index is 273. The molecule has 0 aliphatic rings. The van der Waals surface area contributed by atoms with E-state index < -0.39 is 24.1 Å². The maximum absolute atomic E-state index is 12.4. The summed E-state index contributed by atoms with van der Waals surface area (Å²) in [5.74, 6) is -3.48. The summed E-state index contributed by atoms with van der Waals surface area (Å²) in [6, 6.07) is 0.931. The van der Waals surface area contributed by atoms with Gasteiger partial charge < -0.3 is 0 Å². The van der Waals surface area contributed by atoms with Crippen LogP contribution in [0.15, 0.2) is 12.1 Å². The largest absolute Gasteiger partial charge is 0.231 e. The quantitative estimate of drug-likeness (QED) is 0.561. The van der Waals surface area contributed by atoms with Crippen LogP contribution in [0.3, 0.4) is 0 Å². The molecule has 1 radical (unpaired) electrons. The Kier molecular flexibility index (Phi) is 2.14. The minimum Gasteiger partial charge on any atom is -0.231 e. The molecular weight excluding hydrogens is 157 g/mol. The van der Waals surface area contributed by atoms with Crippen LogP contribution in [0.5, 0.6) is 0 Å². The Labute approximate surface area is 61.1 Å². The Morgan fingerprint density at radius 2 is 1.55 bits per heavy atom. The summed E-state index contributed by atoms with van der Waals surface area (Å²) < 4.78 is 36.9. The van der Waals surface area contributed by atoms with E-state index in [1.54, 1.807) is 0 Å². The zero-order valence-corrected chi connectivity index (χ0v) is 5.40. The van der Waals surface area contributed by atoms with Crippen LogP contribution in [0.25, 0.3) is 0 Å². The fourth-order valence-corrected chi connectivity index (χ4v) is 0.674. The Morgan fingerprint density at radius 1 is 1.00 bits per heavy atom. The van der Waals surface area contributed by atoms with Gasteiger partial charge >= 0.3 is 0 Å². The summed E-state index contributed by atoms with van der Waals surface area (Å²) in [4.78, 5) is 0. The molecule has 0 heterocycles. The van der Waals surface area contributed by atoms with Gasteiger partial charge in [0, 0.05) is 11.6 Å². The van der Waals surface area contributed by atoms with Crippen molar-refractivity contribution in [3.8, 4) is 0 Å². The fraction of sp³-hybridized carbons (Fsp3) is 0.143. The van der Waals surface area contributed by atoms with Crippen LogP contribution in [0.2, 0.25) is 0 Å². The standard InChI is InChI=1S/C7H4F3O/c8-5-2-7(10)6(9)1-4(5)3-11/h1-2H,3H2. The molecule has 0 atom stereocenters. The van der Waals surface area contributed by atoms with Gasteiger partial charge in [-0.1, -0.05) is 0 Å². The van der Waals surface area contributed by atoms with E-state index in [4.69, 9.17) is 0 Å². The second kappa shape index (κ2) is 2.92. The first-order valence-electron chi connectivity index (χ1n) is 2.86.